The number of fused-ring (bicyclic) bond motifs is 3. The molecule has 6 atom stereocenters. The summed E-state index contributed by atoms with van der Waals surface area (Å²) in [7, 11) is 0. The van der Waals surface area contributed by atoms with Crippen LogP contribution in [-0.2, 0) is 38.1 Å². The highest BCUT2D eigenvalue weighted by Crippen LogP contribution is 2.60. The van der Waals surface area contributed by atoms with E-state index in [1.807, 2.05) is 31.7 Å². The molecule has 2 spiro atoms. The Bertz CT molecular complexity index is 3060. The van der Waals surface area contributed by atoms with Crippen molar-refractivity contribution in [2.24, 2.45) is 22.5 Å². The summed E-state index contributed by atoms with van der Waals surface area (Å²) in [6, 6.07) is 13.5. The number of benzene rings is 3. The number of hydrogen-bond donors (Lipinski definition) is 5. The molecule has 6 heterocycles. The first kappa shape index (κ1) is 50.2. The summed E-state index contributed by atoms with van der Waals surface area (Å²) >= 11 is 6.41. The lowest BCUT2D eigenvalue weighted by Crippen LogP contribution is -2.52. The third kappa shape index (κ3) is 9.03. The van der Waals surface area contributed by atoms with Crippen molar-refractivity contribution in [3.8, 4) is 11.8 Å². The molecule has 1 aromatic heterocycles. The number of carbonyl (C=O) groups is 5. The van der Waals surface area contributed by atoms with Gasteiger partial charge in [0.05, 0.1) is 11.1 Å². The number of piperidine rings is 2. The monoisotopic (exact) mass is 1020 g/mol. The number of anilines is 2. The van der Waals surface area contributed by atoms with Gasteiger partial charge < -0.3 is 31.5 Å². The van der Waals surface area contributed by atoms with Gasteiger partial charge in [-0.15, -0.1) is 0 Å². The van der Waals surface area contributed by atoms with Gasteiger partial charge in [-0.2, -0.15) is 13.2 Å². The minimum atomic E-state index is -4.71. The second-order valence-corrected chi connectivity index (χ2v) is 22.9. The highest BCUT2D eigenvalue weighted by Gasteiger charge is 2.62. The Kier molecular flexibility index (Phi) is 12.3. The van der Waals surface area contributed by atoms with E-state index in [1.165, 1.54) is 17.2 Å². The Hall–Kier alpha value is -6.35. The molecule has 10 rings (SSSR count). The number of aromatic nitrogens is 1. The van der Waals surface area contributed by atoms with Crippen molar-refractivity contribution >= 4 is 52.5 Å². The van der Waals surface area contributed by atoms with Gasteiger partial charge in [0.25, 0.3) is 11.8 Å². The van der Waals surface area contributed by atoms with Gasteiger partial charge in [-0.05, 0) is 116 Å². The number of nitrogens with two attached hydrogens (primary N) is 1. The third-order valence-electron chi connectivity index (χ3n) is 16.0. The van der Waals surface area contributed by atoms with Crippen LogP contribution in [0.15, 0.2) is 66.9 Å². The molecule has 5 aliphatic heterocycles. The van der Waals surface area contributed by atoms with Gasteiger partial charge in [0.2, 0.25) is 17.7 Å². The van der Waals surface area contributed by atoms with Gasteiger partial charge >= 0.3 is 6.18 Å². The number of carbonyl (C=O) groups excluding carboxylic acids is 5. The molecule has 3 saturated heterocycles. The molecule has 0 radical (unpaired) electrons. The zero-order valence-electron chi connectivity index (χ0n) is 41.2. The summed E-state index contributed by atoms with van der Waals surface area (Å²) in [5, 5.41) is 11.9. The molecular formula is C55H57ClF4N8O5. The highest BCUT2D eigenvalue weighted by molar-refractivity contribution is 6.30. The van der Waals surface area contributed by atoms with E-state index in [9.17, 15) is 37.1 Å². The molecule has 13 nitrogen and oxygen atoms in total. The molecule has 73 heavy (non-hydrogen) atoms. The number of alkyl halides is 3. The van der Waals surface area contributed by atoms with E-state index in [-0.39, 0.29) is 76.7 Å². The summed E-state index contributed by atoms with van der Waals surface area (Å²) in [4.78, 5) is 74.1. The van der Waals surface area contributed by atoms with Crippen LogP contribution in [0, 0.1) is 34.4 Å². The normalized spacial score (nSPS) is 25.2. The fraction of sp³-hybridized carbons (Fsp3) is 0.455. The number of halogens is 5. The Morgan fingerprint density at radius 3 is 2.44 bits per heavy atom. The Morgan fingerprint density at radius 2 is 1.74 bits per heavy atom. The molecule has 382 valence electrons. The van der Waals surface area contributed by atoms with Gasteiger partial charge in [-0.1, -0.05) is 62.4 Å². The van der Waals surface area contributed by atoms with Gasteiger partial charge in [0, 0.05) is 101 Å². The molecule has 5 unspecified atom stereocenters. The first-order valence-corrected chi connectivity index (χ1v) is 25.1. The second-order valence-electron chi connectivity index (χ2n) is 22.5. The number of pyridine rings is 1. The topological polar surface area (TPSA) is 179 Å². The van der Waals surface area contributed by atoms with Crippen LogP contribution in [0.4, 0.5) is 28.9 Å². The molecule has 18 heteroatoms. The Labute approximate surface area is 425 Å². The molecule has 6 aliphatic rings. The molecule has 4 fully saturated rings. The van der Waals surface area contributed by atoms with Crippen molar-refractivity contribution in [2.45, 2.75) is 121 Å². The van der Waals surface area contributed by atoms with Crippen LogP contribution in [0.25, 0.3) is 0 Å². The lowest BCUT2D eigenvalue weighted by atomic mass is 9.63. The van der Waals surface area contributed by atoms with E-state index in [1.54, 1.807) is 56.3 Å². The molecule has 1 aliphatic carbocycles. The SMILES string of the molecule is CC(C)(C)CC1NC(C(=O)Nc2ccc(C(=O)N3CCC4(CC3)C[C@@H]4C#Cc3cccc4c3CN(C3CCC(=O)NC3=O)C4=O)cc2C(C)(C)N)C(c2cccc(Cl)c2F)C12CNc1cc(C(F)(F)F)ncc12. The summed E-state index contributed by atoms with van der Waals surface area (Å²) in [5.41, 5.74) is 7.05. The number of rotatable bonds is 7. The van der Waals surface area contributed by atoms with Crippen LogP contribution >= 0.6 is 11.6 Å². The number of hydrogen-bond acceptors (Lipinski definition) is 9. The number of likely N-dealkylation sites (tertiary alicyclic amines) is 1. The second kappa shape index (κ2) is 17.9. The molecule has 0 bridgehead atoms. The largest absolute Gasteiger partial charge is 0.433 e. The van der Waals surface area contributed by atoms with Crippen molar-refractivity contribution in [3.05, 3.63) is 122 Å². The van der Waals surface area contributed by atoms with Crippen molar-refractivity contribution in [1.82, 2.24) is 25.4 Å². The Balaban J connectivity index is 0.865. The fourth-order valence-corrected chi connectivity index (χ4v) is 12.3. The highest BCUT2D eigenvalue weighted by atomic mass is 35.5. The molecular weight excluding hydrogens is 964 g/mol. The lowest BCUT2D eigenvalue weighted by molar-refractivity contribution is -0.141. The fourth-order valence-electron chi connectivity index (χ4n) is 12.2. The van der Waals surface area contributed by atoms with Crippen LogP contribution in [0.5, 0.6) is 0 Å². The zero-order valence-corrected chi connectivity index (χ0v) is 41.9. The van der Waals surface area contributed by atoms with E-state index in [2.05, 4.69) is 38.1 Å². The first-order chi connectivity index (χ1) is 34.4. The third-order valence-corrected chi connectivity index (χ3v) is 16.3. The van der Waals surface area contributed by atoms with Crippen LogP contribution in [0.2, 0.25) is 5.02 Å². The number of nitrogens with one attached hydrogen (secondary N) is 4. The van der Waals surface area contributed by atoms with Crippen molar-refractivity contribution in [3.63, 3.8) is 0 Å². The summed E-state index contributed by atoms with van der Waals surface area (Å²) in [5.74, 6) is 3.38. The maximum absolute atomic E-state index is 16.4. The smallest absolute Gasteiger partial charge is 0.384 e. The van der Waals surface area contributed by atoms with Crippen LogP contribution in [-0.4, -0.2) is 82.1 Å². The minimum absolute atomic E-state index is 0.0430. The predicted octanol–water partition coefficient (Wildman–Crippen LogP) is 8.00. The van der Waals surface area contributed by atoms with E-state index in [4.69, 9.17) is 17.3 Å². The maximum Gasteiger partial charge on any atom is 0.433 e. The van der Waals surface area contributed by atoms with Gasteiger partial charge in [-0.3, -0.25) is 34.3 Å². The predicted molar refractivity (Wildman–Crippen MR) is 266 cm³/mol. The summed E-state index contributed by atoms with van der Waals surface area (Å²) in [6.45, 7) is 10.9. The maximum atomic E-state index is 16.4. The van der Waals surface area contributed by atoms with Gasteiger partial charge in [0.15, 0.2) is 0 Å². The number of amides is 5. The van der Waals surface area contributed by atoms with E-state index < -0.39 is 64.5 Å². The van der Waals surface area contributed by atoms with Gasteiger partial charge in [0.1, 0.15) is 17.6 Å². The van der Waals surface area contributed by atoms with Crippen molar-refractivity contribution < 1.29 is 41.5 Å². The average Bonchev–Trinajstić information content (AvgIpc) is 3.53. The molecule has 6 N–H and O–H groups in total. The Morgan fingerprint density at radius 1 is 1.00 bits per heavy atom. The van der Waals surface area contributed by atoms with Crippen LogP contribution in [0.1, 0.15) is 133 Å². The summed E-state index contributed by atoms with van der Waals surface area (Å²) in [6.07, 6.45) is -0.239. The van der Waals surface area contributed by atoms with Crippen LogP contribution in [0.3, 0.4) is 0 Å². The molecule has 5 amide bonds. The van der Waals surface area contributed by atoms with Crippen molar-refractivity contribution in [1.29, 1.82) is 0 Å². The van der Waals surface area contributed by atoms with E-state index >= 15 is 4.39 Å². The quantitative estimate of drug-likeness (QED) is 0.0697. The van der Waals surface area contributed by atoms with Crippen molar-refractivity contribution in [2.75, 3.05) is 30.3 Å². The number of imide groups is 1. The summed E-state index contributed by atoms with van der Waals surface area (Å²) < 4.78 is 58.3. The average molecular weight is 1020 g/mol. The molecule has 3 aromatic carbocycles. The number of nitrogens with zero attached hydrogens (tertiary/aromatic N) is 3. The van der Waals surface area contributed by atoms with Crippen LogP contribution < -0.4 is 27.0 Å². The molecule has 1 saturated carbocycles. The first-order valence-electron chi connectivity index (χ1n) is 24.7. The minimum Gasteiger partial charge on any atom is -0.384 e. The lowest BCUT2D eigenvalue weighted by Gasteiger charge is -2.39. The standard InChI is InChI=1S/C55H57ClF4N8O5/c1-51(2,3)25-42-54(28-63-39-23-41(55(58,59)60)62-26-36(39)54)44(33-10-7-11-37(56)45(33)57)46(65-42)48(71)64-38-15-13-30(22-35(38)52(4,5)61)49(72)67-20-18-53(19-21-67)24-31(53)14-12-29-8-6-9-32-34(29)27-68(50(32)73)40-16-17-43(69)66-47(40)70/h6-11,13,15,22-23,26,31,40,42,44,46,63,65H,16-21,24-25,27-28,61H2,1-5H3,(H,64,71)(H,66,69,70)/t31-,40?,42?,44?,46?,54?/m0/s1. The zero-order chi connectivity index (χ0) is 52.2. The molecule has 4 aromatic rings. The van der Waals surface area contributed by atoms with E-state index in [0.29, 0.717) is 47.5 Å². The van der Waals surface area contributed by atoms with Gasteiger partial charge in [-0.25, -0.2) is 4.39 Å². The van der Waals surface area contributed by atoms with E-state index in [0.717, 1.165) is 36.5 Å².